The van der Waals surface area contributed by atoms with Gasteiger partial charge in [-0.25, -0.2) is 0 Å². The van der Waals surface area contributed by atoms with E-state index in [1.807, 2.05) is 11.6 Å². The highest BCUT2D eigenvalue weighted by Crippen LogP contribution is 2.38. The van der Waals surface area contributed by atoms with Crippen molar-refractivity contribution in [3.8, 4) is 0 Å². The summed E-state index contributed by atoms with van der Waals surface area (Å²) in [6.45, 7) is 3.27. The zero-order chi connectivity index (χ0) is 14.6. The molecule has 0 aromatic carbocycles. The monoisotopic (exact) mass is 279 g/mol. The Morgan fingerprint density at radius 3 is 2.80 bits per heavy atom. The summed E-state index contributed by atoms with van der Waals surface area (Å²) in [5.74, 6) is 1.69. The molecule has 20 heavy (non-hydrogen) atoms. The van der Waals surface area contributed by atoms with E-state index < -0.39 is 0 Å². The van der Waals surface area contributed by atoms with Crippen LogP contribution in [0.25, 0.3) is 0 Å². The molecule has 1 amide bonds. The van der Waals surface area contributed by atoms with Crippen LogP contribution in [0.2, 0.25) is 0 Å². The molecule has 1 aliphatic rings. The van der Waals surface area contributed by atoms with Gasteiger partial charge >= 0.3 is 0 Å². The van der Waals surface area contributed by atoms with Gasteiger partial charge in [-0.05, 0) is 31.6 Å². The van der Waals surface area contributed by atoms with E-state index in [0.29, 0.717) is 25.4 Å². The standard InChI is InChI=1S/C14H25N5O/c1-11-3-6-14(9-15,7-4-11)13(20)16-8-5-12-18-17-10-19(12)2/h10-11H,3-9,15H2,1-2H3,(H,16,20). The van der Waals surface area contributed by atoms with Gasteiger partial charge < -0.3 is 15.6 Å². The third-order valence-corrected chi connectivity index (χ3v) is 4.54. The normalized spacial score (nSPS) is 26.4. The minimum atomic E-state index is -0.355. The van der Waals surface area contributed by atoms with Crippen LogP contribution in [0.3, 0.4) is 0 Å². The lowest BCUT2D eigenvalue weighted by Crippen LogP contribution is -2.48. The Kier molecular flexibility index (Phi) is 4.75. The summed E-state index contributed by atoms with van der Waals surface area (Å²) in [5, 5.41) is 10.9. The van der Waals surface area contributed by atoms with E-state index >= 15 is 0 Å². The number of hydrogen-bond donors (Lipinski definition) is 2. The SMILES string of the molecule is CC1CCC(CN)(C(=O)NCCc2nncn2C)CC1. The highest BCUT2D eigenvalue weighted by Gasteiger charge is 2.39. The van der Waals surface area contributed by atoms with Gasteiger partial charge in [-0.15, -0.1) is 10.2 Å². The van der Waals surface area contributed by atoms with E-state index in [9.17, 15) is 4.79 Å². The summed E-state index contributed by atoms with van der Waals surface area (Å²) in [6.07, 6.45) is 6.35. The van der Waals surface area contributed by atoms with Gasteiger partial charge in [-0.3, -0.25) is 4.79 Å². The summed E-state index contributed by atoms with van der Waals surface area (Å²) < 4.78 is 1.87. The molecule has 0 radical (unpaired) electrons. The molecular formula is C14H25N5O. The summed E-state index contributed by atoms with van der Waals surface area (Å²) in [4.78, 5) is 12.4. The van der Waals surface area contributed by atoms with E-state index in [-0.39, 0.29) is 11.3 Å². The van der Waals surface area contributed by atoms with Gasteiger partial charge in [0, 0.05) is 26.6 Å². The van der Waals surface area contributed by atoms with Crippen LogP contribution in [0.1, 0.15) is 38.4 Å². The van der Waals surface area contributed by atoms with Crippen molar-refractivity contribution in [2.75, 3.05) is 13.1 Å². The van der Waals surface area contributed by atoms with Crippen LogP contribution >= 0.6 is 0 Å². The first-order valence-electron chi connectivity index (χ1n) is 7.38. The Labute approximate surface area is 120 Å². The van der Waals surface area contributed by atoms with Gasteiger partial charge in [-0.2, -0.15) is 0 Å². The van der Waals surface area contributed by atoms with Crippen molar-refractivity contribution < 1.29 is 4.79 Å². The van der Waals surface area contributed by atoms with Gasteiger partial charge in [0.1, 0.15) is 12.2 Å². The minimum absolute atomic E-state index is 0.106. The molecule has 2 rings (SSSR count). The van der Waals surface area contributed by atoms with Crippen LogP contribution in [0.15, 0.2) is 6.33 Å². The van der Waals surface area contributed by atoms with Crippen LogP contribution < -0.4 is 11.1 Å². The number of amides is 1. The maximum absolute atomic E-state index is 12.4. The molecule has 1 heterocycles. The Morgan fingerprint density at radius 1 is 1.55 bits per heavy atom. The van der Waals surface area contributed by atoms with Crippen LogP contribution in [0, 0.1) is 11.3 Å². The number of carbonyl (C=O) groups is 1. The quantitative estimate of drug-likeness (QED) is 0.827. The maximum Gasteiger partial charge on any atom is 0.227 e. The molecule has 0 unspecified atom stereocenters. The van der Waals surface area contributed by atoms with Crippen LogP contribution in [-0.2, 0) is 18.3 Å². The number of nitrogens with zero attached hydrogens (tertiary/aromatic N) is 3. The second kappa shape index (κ2) is 6.35. The maximum atomic E-state index is 12.4. The number of carbonyl (C=O) groups excluding carboxylic acids is 1. The second-order valence-corrected chi connectivity index (χ2v) is 6.03. The topological polar surface area (TPSA) is 85.8 Å². The molecule has 1 saturated carbocycles. The molecule has 0 spiro atoms. The zero-order valence-corrected chi connectivity index (χ0v) is 12.4. The van der Waals surface area contributed by atoms with E-state index in [1.165, 1.54) is 0 Å². The zero-order valence-electron chi connectivity index (χ0n) is 12.4. The molecular weight excluding hydrogens is 254 g/mol. The summed E-state index contributed by atoms with van der Waals surface area (Å²) in [6, 6.07) is 0. The third kappa shape index (κ3) is 3.17. The van der Waals surface area contributed by atoms with Gasteiger partial charge in [-0.1, -0.05) is 6.92 Å². The fourth-order valence-electron chi connectivity index (χ4n) is 2.85. The Bertz CT molecular complexity index is 448. The molecule has 1 aliphatic carbocycles. The molecule has 0 aliphatic heterocycles. The number of hydrogen-bond acceptors (Lipinski definition) is 4. The Hall–Kier alpha value is -1.43. The molecule has 6 nitrogen and oxygen atoms in total. The fourth-order valence-corrected chi connectivity index (χ4v) is 2.85. The average molecular weight is 279 g/mol. The van der Waals surface area contributed by atoms with Crippen LogP contribution in [-0.4, -0.2) is 33.8 Å². The van der Waals surface area contributed by atoms with Crippen LogP contribution in [0.4, 0.5) is 0 Å². The molecule has 1 aromatic rings. The highest BCUT2D eigenvalue weighted by molar-refractivity contribution is 5.83. The van der Waals surface area contributed by atoms with E-state index in [0.717, 1.165) is 31.5 Å². The number of aromatic nitrogens is 3. The van der Waals surface area contributed by atoms with Crippen molar-refractivity contribution in [2.24, 2.45) is 24.1 Å². The summed E-state index contributed by atoms with van der Waals surface area (Å²) >= 11 is 0. The first kappa shape index (κ1) is 15.0. The first-order chi connectivity index (χ1) is 9.57. The molecule has 1 fully saturated rings. The average Bonchev–Trinajstić information content (AvgIpc) is 2.85. The number of nitrogens with two attached hydrogens (primary N) is 1. The molecule has 0 bridgehead atoms. The minimum Gasteiger partial charge on any atom is -0.355 e. The lowest BCUT2D eigenvalue weighted by atomic mass is 9.70. The largest absolute Gasteiger partial charge is 0.355 e. The molecule has 0 saturated heterocycles. The Morgan fingerprint density at radius 2 is 2.25 bits per heavy atom. The number of rotatable bonds is 5. The molecule has 112 valence electrons. The molecule has 3 N–H and O–H groups in total. The van der Waals surface area contributed by atoms with Crippen molar-refractivity contribution in [3.63, 3.8) is 0 Å². The second-order valence-electron chi connectivity index (χ2n) is 6.03. The summed E-state index contributed by atoms with van der Waals surface area (Å²) in [7, 11) is 1.90. The van der Waals surface area contributed by atoms with E-state index in [4.69, 9.17) is 5.73 Å². The van der Waals surface area contributed by atoms with Gasteiger partial charge in [0.25, 0.3) is 0 Å². The van der Waals surface area contributed by atoms with E-state index in [1.54, 1.807) is 6.33 Å². The van der Waals surface area contributed by atoms with Gasteiger partial charge in [0.05, 0.1) is 5.41 Å². The third-order valence-electron chi connectivity index (χ3n) is 4.54. The van der Waals surface area contributed by atoms with Crippen molar-refractivity contribution in [3.05, 3.63) is 12.2 Å². The number of aryl methyl sites for hydroxylation is 1. The van der Waals surface area contributed by atoms with Crippen molar-refractivity contribution >= 4 is 5.91 Å². The summed E-state index contributed by atoms with van der Waals surface area (Å²) in [5.41, 5.74) is 5.53. The fraction of sp³-hybridized carbons (Fsp3) is 0.786. The van der Waals surface area contributed by atoms with Crippen molar-refractivity contribution in [1.29, 1.82) is 0 Å². The predicted octanol–water partition coefficient (Wildman–Crippen LogP) is 0.629. The molecule has 0 atom stereocenters. The number of nitrogens with one attached hydrogen (secondary N) is 1. The highest BCUT2D eigenvalue weighted by atomic mass is 16.2. The van der Waals surface area contributed by atoms with E-state index in [2.05, 4.69) is 22.4 Å². The lowest BCUT2D eigenvalue weighted by Gasteiger charge is -2.37. The lowest BCUT2D eigenvalue weighted by molar-refractivity contribution is -0.132. The molecule has 1 aromatic heterocycles. The van der Waals surface area contributed by atoms with Crippen molar-refractivity contribution in [2.45, 2.75) is 39.0 Å². The predicted molar refractivity (Wildman–Crippen MR) is 76.8 cm³/mol. The Balaban J connectivity index is 1.85. The first-order valence-corrected chi connectivity index (χ1v) is 7.38. The van der Waals surface area contributed by atoms with Gasteiger partial charge in [0.15, 0.2) is 0 Å². The van der Waals surface area contributed by atoms with Gasteiger partial charge in [0.2, 0.25) is 5.91 Å². The van der Waals surface area contributed by atoms with Crippen LogP contribution in [0.5, 0.6) is 0 Å². The van der Waals surface area contributed by atoms with Crippen molar-refractivity contribution in [1.82, 2.24) is 20.1 Å². The molecule has 6 heteroatoms. The smallest absolute Gasteiger partial charge is 0.227 e.